The highest BCUT2D eigenvalue weighted by molar-refractivity contribution is 6.02. The summed E-state index contributed by atoms with van der Waals surface area (Å²) in [5, 5.41) is 9.15. The summed E-state index contributed by atoms with van der Waals surface area (Å²) in [6.45, 7) is 4.98. The van der Waals surface area contributed by atoms with Crippen molar-refractivity contribution in [3.05, 3.63) is 35.4 Å². The first-order valence-corrected chi connectivity index (χ1v) is 13.5. The molecule has 4 nitrogen and oxygen atoms in total. The fourth-order valence-corrected chi connectivity index (χ4v) is 4.22. The predicted molar refractivity (Wildman–Crippen MR) is 137 cm³/mol. The molecule has 0 unspecified atom stereocenters. The van der Waals surface area contributed by atoms with Crippen molar-refractivity contribution in [3.8, 4) is 0 Å². The third-order valence-corrected chi connectivity index (χ3v) is 6.29. The minimum Gasteiger partial charge on any atom is -0.478 e. The lowest BCUT2D eigenvalue weighted by Gasteiger charge is -2.07. The van der Waals surface area contributed by atoms with E-state index in [2.05, 4.69) is 13.8 Å². The molecule has 0 spiro atoms. The number of unbranched alkanes of at least 4 members (excludes halogenated alkanes) is 15. The number of carbonyl (C=O) groups excluding carboxylic acids is 1. The van der Waals surface area contributed by atoms with Crippen LogP contribution in [0.1, 0.15) is 144 Å². The molecule has 0 amide bonds. The quantitative estimate of drug-likeness (QED) is 0.147. The van der Waals surface area contributed by atoms with Gasteiger partial charge in [-0.15, -0.1) is 0 Å². The van der Waals surface area contributed by atoms with Crippen LogP contribution in [0.25, 0.3) is 0 Å². The molecule has 1 aromatic rings. The van der Waals surface area contributed by atoms with E-state index in [9.17, 15) is 9.59 Å². The molecular weight excluding hydrogens is 412 g/mol. The van der Waals surface area contributed by atoms with E-state index in [-0.39, 0.29) is 11.1 Å². The molecule has 1 aromatic carbocycles. The van der Waals surface area contributed by atoms with Crippen molar-refractivity contribution >= 4 is 11.9 Å². The Bertz CT molecular complexity index is 638. The maximum absolute atomic E-state index is 12.1. The topological polar surface area (TPSA) is 63.6 Å². The van der Waals surface area contributed by atoms with Crippen molar-refractivity contribution in [2.45, 2.75) is 123 Å². The van der Waals surface area contributed by atoms with Gasteiger partial charge in [0.1, 0.15) is 0 Å². The van der Waals surface area contributed by atoms with Gasteiger partial charge in [0.05, 0.1) is 17.7 Å². The van der Waals surface area contributed by atoms with Crippen LogP contribution in [0.2, 0.25) is 0 Å². The van der Waals surface area contributed by atoms with Gasteiger partial charge in [-0.3, -0.25) is 0 Å². The first-order chi connectivity index (χ1) is 16.0. The van der Waals surface area contributed by atoms with Crippen LogP contribution in [0.15, 0.2) is 24.3 Å². The van der Waals surface area contributed by atoms with E-state index in [1.54, 1.807) is 12.1 Å². The minimum atomic E-state index is -1.11. The van der Waals surface area contributed by atoms with Crippen molar-refractivity contribution in [2.75, 3.05) is 6.61 Å². The van der Waals surface area contributed by atoms with Crippen LogP contribution >= 0.6 is 0 Å². The lowest BCUT2D eigenvalue weighted by molar-refractivity contribution is 0.0487. The Balaban J connectivity index is 1.84. The Morgan fingerprint density at radius 2 is 1.06 bits per heavy atom. The zero-order chi connectivity index (χ0) is 24.2. The average Bonchev–Trinajstić information content (AvgIpc) is 2.80. The summed E-state index contributed by atoms with van der Waals surface area (Å²) in [7, 11) is 0. The van der Waals surface area contributed by atoms with Crippen LogP contribution in [0, 0.1) is 5.92 Å². The molecule has 1 N–H and O–H groups in total. The number of rotatable bonds is 21. The van der Waals surface area contributed by atoms with E-state index >= 15 is 0 Å². The Labute approximate surface area is 202 Å². The molecule has 33 heavy (non-hydrogen) atoms. The van der Waals surface area contributed by atoms with Crippen molar-refractivity contribution in [1.29, 1.82) is 0 Å². The first kappa shape index (κ1) is 29.2. The highest BCUT2D eigenvalue weighted by Crippen LogP contribution is 2.15. The maximum atomic E-state index is 12.1. The molecule has 0 saturated heterocycles. The Morgan fingerprint density at radius 3 is 1.48 bits per heavy atom. The summed E-state index contributed by atoms with van der Waals surface area (Å²) in [6, 6.07) is 6.19. The average molecular weight is 461 g/mol. The second-order valence-corrected chi connectivity index (χ2v) is 9.83. The second kappa shape index (κ2) is 19.6. The minimum absolute atomic E-state index is 0.00461. The fourth-order valence-electron chi connectivity index (χ4n) is 4.22. The van der Waals surface area contributed by atoms with E-state index in [4.69, 9.17) is 9.84 Å². The number of hydrogen-bond acceptors (Lipinski definition) is 3. The van der Waals surface area contributed by atoms with Gasteiger partial charge in [0.2, 0.25) is 0 Å². The van der Waals surface area contributed by atoms with Gasteiger partial charge in [0, 0.05) is 0 Å². The SMILES string of the molecule is CC(C)CCCCCCCCCCCCCCCCCCOC(=O)c1ccccc1C(=O)O. The molecule has 0 aliphatic rings. The Hall–Kier alpha value is -1.84. The van der Waals surface area contributed by atoms with Crippen LogP contribution in [0.4, 0.5) is 0 Å². The molecule has 0 saturated carbocycles. The van der Waals surface area contributed by atoms with Crippen molar-refractivity contribution in [2.24, 2.45) is 5.92 Å². The summed E-state index contributed by atoms with van der Waals surface area (Å²) < 4.78 is 5.25. The van der Waals surface area contributed by atoms with E-state index < -0.39 is 11.9 Å². The normalized spacial score (nSPS) is 11.1. The number of hydrogen-bond donors (Lipinski definition) is 1. The van der Waals surface area contributed by atoms with Gasteiger partial charge in [-0.05, 0) is 24.5 Å². The predicted octanol–water partition coefficient (Wildman–Crippen LogP) is 8.83. The molecule has 0 bridgehead atoms. The zero-order valence-corrected chi connectivity index (χ0v) is 21.3. The second-order valence-electron chi connectivity index (χ2n) is 9.83. The zero-order valence-electron chi connectivity index (χ0n) is 21.3. The van der Waals surface area contributed by atoms with Gasteiger partial charge < -0.3 is 9.84 Å². The lowest BCUT2D eigenvalue weighted by Crippen LogP contribution is -2.12. The van der Waals surface area contributed by atoms with Crippen molar-refractivity contribution in [1.82, 2.24) is 0 Å². The van der Waals surface area contributed by atoms with Gasteiger partial charge >= 0.3 is 11.9 Å². The van der Waals surface area contributed by atoms with Crippen molar-refractivity contribution < 1.29 is 19.4 Å². The monoisotopic (exact) mass is 460 g/mol. The molecule has 0 heterocycles. The largest absolute Gasteiger partial charge is 0.478 e. The van der Waals surface area contributed by atoms with E-state index in [1.807, 2.05) is 0 Å². The van der Waals surface area contributed by atoms with Crippen LogP contribution in [0.5, 0.6) is 0 Å². The van der Waals surface area contributed by atoms with Gasteiger partial charge in [-0.1, -0.05) is 129 Å². The molecular formula is C29H48O4. The van der Waals surface area contributed by atoms with Gasteiger partial charge in [-0.25, -0.2) is 9.59 Å². The number of ether oxygens (including phenoxy) is 1. The summed E-state index contributed by atoms with van der Waals surface area (Å²) in [5.41, 5.74) is 0.122. The number of carbonyl (C=O) groups is 2. The number of carboxylic acids is 1. The van der Waals surface area contributed by atoms with Crippen molar-refractivity contribution in [3.63, 3.8) is 0 Å². The van der Waals surface area contributed by atoms with Crippen LogP contribution in [0.3, 0.4) is 0 Å². The van der Waals surface area contributed by atoms with E-state index in [0.29, 0.717) is 6.61 Å². The van der Waals surface area contributed by atoms with Gasteiger partial charge in [0.15, 0.2) is 0 Å². The van der Waals surface area contributed by atoms with Crippen LogP contribution in [-0.4, -0.2) is 23.7 Å². The molecule has 0 aliphatic heterocycles. The number of esters is 1. The Kier molecular flexibility index (Phi) is 17.4. The molecule has 0 atom stereocenters. The molecule has 1 rings (SSSR count). The molecule has 0 radical (unpaired) electrons. The third kappa shape index (κ3) is 15.6. The number of carboxylic acid groups (broad SMARTS) is 1. The maximum Gasteiger partial charge on any atom is 0.339 e. The highest BCUT2D eigenvalue weighted by Gasteiger charge is 2.16. The standard InChI is InChI=1S/C29H48O4/c1-25(2)21-17-15-13-11-9-7-5-3-4-6-8-10-12-14-16-20-24-33-29(32)27-23-19-18-22-26(27)28(30)31/h18-19,22-23,25H,3-17,20-21,24H2,1-2H3,(H,30,31). The van der Waals surface area contributed by atoms with E-state index in [0.717, 1.165) is 18.8 Å². The first-order valence-electron chi connectivity index (χ1n) is 13.5. The third-order valence-electron chi connectivity index (χ3n) is 6.29. The molecule has 0 aliphatic carbocycles. The number of benzene rings is 1. The smallest absolute Gasteiger partial charge is 0.339 e. The molecule has 4 heteroatoms. The summed E-state index contributed by atoms with van der Waals surface area (Å²) in [5.74, 6) is -0.793. The fraction of sp³-hybridized carbons (Fsp3) is 0.724. The Morgan fingerprint density at radius 1 is 0.667 bits per heavy atom. The van der Waals surface area contributed by atoms with Crippen LogP contribution < -0.4 is 0 Å². The summed E-state index contributed by atoms with van der Waals surface area (Å²) in [6.07, 6.45) is 22.3. The summed E-state index contributed by atoms with van der Waals surface area (Å²) >= 11 is 0. The van der Waals surface area contributed by atoms with Gasteiger partial charge in [-0.2, -0.15) is 0 Å². The number of aromatic carboxylic acids is 1. The molecule has 188 valence electrons. The van der Waals surface area contributed by atoms with Gasteiger partial charge in [0.25, 0.3) is 0 Å². The summed E-state index contributed by atoms with van der Waals surface area (Å²) in [4.78, 5) is 23.3. The molecule has 0 fully saturated rings. The highest BCUT2D eigenvalue weighted by atomic mass is 16.5. The van der Waals surface area contributed by atoms with Crippen LogP contribution in [-0.2, 0) is 4.74 Å². The van der Waals surface area contributed by atoms with E-state index in [1.165, 1.54) is 108 Å². The molecule has 0 aromatic heterocycles. The lowest BCUT2D eigenvalue weighted by atomic mass is 10.0.